The number of aryl methyl sites for hydroxylation is 1. The van der Waals surface area contributed by atoms with Crippen molar-refractivity contribution in [3.63, 3.8) is 0 Å². The SMILES string of the molecule is CCOc1ccc(N(CC(=O)N(Cc2cccc(OC)c2)C(C)C(=O)NC2CCCC2)S(=O)(=O)c2ccc(C)cc2)cc1. The Bertz CT molecular complexity index is 1490. The molecule has 1 saturated carbocycles. The molecule has 0 aliphatic heterocycles. The first kappa shape index (κ1) is 31.9. The second-order valence-corrected chi connectivity index (χ2v) is 12.7. The fourth-order valence-electron chi connectivity index (χ4n) is 5.18. The van der Waals surface area contributed by atoms with Gasteiger partial charge in [0.1, 0.15) is 24.1 Å². The molecule has 1 N–H and O–H groups in total. The second kappa shape index (κ2) is 14.4. The van der Waals surface area contributed by atoms with Crippen molar-refractivity contribution in [3.05, 3.63) is 83.9 Å². The average Bonchev–Trinajstić information content (AvgIpc) is 3.52. The molecule has 2 amide bonds. The van der Waals surface area contributed by atoms with Crippen molar-refractivity contribution in [1.82, 2.24) is 10.2 Å². The third-order valence-electron chi connectivity index (χ3n) is 7.68. The molecule has 0 bridgehead atoms. The van der Waals surface area contributed by atoms with Gasteiger partial charge in [-0.05, 0) is 87.7 Å². The normalized spacial score (nSPS) is 14.1. The third-order valence-corrected chi connectivity index (χ3v) is 9.47. The predicted octanol–water partition coefficient (Wildman–Crippen LogP) is 5.07. The van der Waals surface area contributed by atoms with Crippen molar-refractivity contribution in [1.29, 1.82) is 0 Å². The molecule has 3 aromatic rings. The highest BCUT2D eigenvalue weighted by molar-refractivity contribution is 7.92. The molecule has 4 rings (SSSR count). The Kier molecular flexibility index (Phi) is 10.7. The molecule has 3 aromatic carbocycles. The Balaban J connectivity index is 1.69. The molecule has 230 valence electrons. The van der Waals surface area contributed by atoms with Crippen LogP contribution < -0.4 is 19.1 Å². The summed E-state index contributed by atoms with van der Waals surface area (Å²) in [6.45, 7) is 5.47. The van der Waals surface area contributed by atoms with Crippen LogP contribution in [-0.2, 0) is 26.2 Å². The van der Waals surface area contributed by atoms with Gasteiger partial charge in [0.15, 0.2) is 0 Å². The fraction of sp³-hybridized carbons (Fsp3) is 0.394. The van der Waals surface area contributed by atoms with Gasteiger partial charge in [0, 0.05) is 12.6 Å². The third kappa shape index (κ3) is 8.07. The number of carbonyl (C=O) groups excluding carboxylic acids is 2. The molecular formula is C33H41N3O6S. The van der Waals surface area contributed by atoms with Crippen LogP contribution in [0.1, 0.15) is 50.7 Å². The Labute approximate surface area is 254 Å². The summed E-state index contributed by atoms with van der Waals surface area (Å²) in [5.41, 5.74) is 1.97. The van der Waals surface area contributed by atoms with E-state index in [0.717, 1.165) is 41.1 Å². The van der Waals surface area contributed by atoms with Gasteiger partial charge in [-0.3, -0.25) is 13.9 Å². The number of ether oxygens (including phenoxy) is 2. The quantitative estimate of drug-likeness (QED) is 0.291. The van der Waals surface area contributed by atoms with E-state index in [0.29, 0.717) is 23.8 Å². The van der Waals surface area contributed by atoms with Crippen LogP contribution in [0.5, 0.6) is 11.5 Å². The lowest BCUT2D eigenvalue weighted by atomic mass is 10.1. The first-order valence-corrected chi connectivity index (χ1v) is 16.1. The molecule has 9 nitrogen and oxygen atoms in total. The van der Waals surface area contributed by atoms with E-state index in [2.05, 4.69) is 5.32 Å². The van der Waals surface area contributed by atoms with Gasteiger partial charge in [-0.2, -0.15) is 0 Å². The van der Waals surface area contributed by atoms with E-state index in [4.69, 9.17) is 9.47 Å². The summed E-state index contributed by atoms with van der Waals surface area (Å²) in [6, 6.07) is 19.6. The van der Waals surface area contributed by atoms with Crippen LogP contribution in [0, 0.1) is 6.92 Å². The topological polar surface area (TPSA) is 105 Å². The summed E-state index contributed by atoms with van der Waals surface area (Å²) < 4.78 is 40.0. The van der Waals surface area contributed by atoms with Crippen molar-refractivity contribution < 1.29 is 27.5 Å². The number of nitrogens with zero attached hydrogens (tertiary/aromatic N) is 2. The van der Waals surface area contributed by atoms with Crippen LogP contribution in [0.2, 0.25) is 0 Å². The molecule has 10 heteroatoms. The van der Waals surface area contributed by atoms with Crippen molar-refractivity contribution in [2.24, 2.45) is 0 Å². The number of hydrogen-bond acceptors (Lipinski definition) is 6. The van der Waals surface area contributed by atoms with Gasteiger partial charge in [0.25, 0.3) is 10.0 Å². The molecule has 0 aromatic heterocycles. The summed E-state index contributed by atoms with van der Waals surface area (Å²) in [5.74, 6) is 0.423. The van der Waals surface area contributed by atoms with Gasteiger partial charge in [0.2, 0.25) is 11.8 Å². The number of methoxy groups -OCH3 is 1. The summed E-state index contributed by atoms with van der Waals surface area (Å²) in [4.78, 5) is 29.0. The highest BCUT2D eigenvalue weighted by Gasteiger charge is 2.33. The lowest BCUT2D eigenvalue weighted by molar-refractivity contribution is -0.139. The summed E-state index contributed by atoms with van der Waals surface area (Å²) in [6.07, 6.45) is 3.92. The lowest BCUT2D eigenvalue weighted by Gasteiger charge is -2.32. The van der Waals surface area contributed by atoms with Gasteiger partial charge in [-0.15, -0.1) is 0 Å². The molecule has 0 heterocycles. The van der Waals surface area contributed by atoms with E-state index >= 15 is 0 Å². The molecule has 1 atom stereocenters. The molecular weight excluding hydrogens is 566 g/mol. The molecule has 0 spiro atoms. The molecule has 43 heavy (non-hydrogen) atoms. The lowest BCUT2D eigenvalue weighted by Crippen LogP contribution is -2.52. The Hall–Kier alpha value is -4.05. The minimum atomic E-state index is -4.15. The van der Waals surface area contributed by atoms with Crippen LogP contribution in [0.15, 0.2) is 77.7 Å². The maximum Gasteiger partial charge on any atom is 0.264 e. The number of sulfonamides is 1. The van der Waals surface area contributed by atoms with Gasteiger partial charge in [0.05, 0.1) is 24.3 Å². The molecule has 1 aliphatic rings. The van der Waals surface area contributed by atoms with Crippen molar-refractivity contribution in [3.8, 4) is 11.5 Å². The summed E-state index contributed by atoms with van der Waals surface area (Å²) in [7, 11) is -2.59. The number of anilines is 1. The molecule has 0 saturated heterocycles. The Morgan fingerprint density at radius 1 is 0.977 bits per heavy atom. The molecule has 1 fully saturated rings. The van der Waals surface area contributed by atoms with E-state index in [-0.39, 0.29) is 23.4 Å². The zero-order valence-corrected chi connectivity index (χ0v) is 26.1. The largest absolute Gasteiger partial charge is 0.497 e. The average molecular weight is 608 g/mol. The predicted molar refractivity (Wildman–Crippen MR) is 167 cm³/mol. The van der Waals surface area contributed by atoms with Gasteiger partial charge >= 0.3 is 0 Å². The molecule has 1 aliphatic carbocycles. The Morgan fingerprint density at radius 2 is 1.65 bits per heavy atom. The van der Waals surface area contributed by atoms with Crippen molar-refractivity contribution >= 4 is 27.5 Å². The highest BCUT2D eigenvalue weighted by atomic mass is 32.2. The number of nitrogens with one attached hydrogen (secondary N) is 1. The number of carbonyl (C=O) groups is 2. The summed E-state index contributed by atoms with van der Waals surface area (Å²) in [5, 5.41) is 3.08. The minimum absolute atomic E-state index is 0.0613. The monoisotopic (exact) mass is 607 g/mol. The maximum atomic E-state index is 14.2. The second-order valence-electron chi connectivity index (χ2n) is 10.8. The molecule has 0 radical (unpaired) electrons. The maximum absolute atomic E-state index is 14.2. The van der Waals surface area contributed by atoms with Crippen LogP contribution in [0.3, 0.4) is 0 Å². The van der Waals surface area contributed by atoms with E-state index in [1.54, 1.807) is 62.6 Å². The minimum Gasteiger partial charge on any atom is -0.497 e. The highest BCUT2D eigenvalue weighted by Crippen LogP contribution is 2.27. The van der Waals surface area contributed by atoms with Crippen molar-refractivity contribution in [2.45, 2.75) is 70.0 Å². The van der Waals surface area contributed by atoms with Gasteiger partial charge in [-0.1, -0.05) is 42.7 Å². The molecule has 1 unspecified atom stereocenters. The number of benzene rings is 3. The van der Waals surface area contributed by atoms with E-state index in [9.17, 15) is 18.0 Å². The zero-order valence-electron chi connectivity index (χ0n) is 25.3. The van der Waals surface area contributed by atoms with E-state index < -0.39 is 28.5 Å². The van der Waals surface area contributed by atoms with Crippen LogP contribution >= 0.6 is 0 Å². The summed E-state index contributed by atoms with van der Waals surface area (Å²) >= 11 is 0. The number of amides is 2. The van der Waals surface area contributed by atoms with Crippen molar-refractivity contribution in [2.75, 3.05) is 24.6 Å². The fourth-order valence-corrected chi connectivity index (χ4v) is 6.60. The first-order chi connectivity index (χ1) is 20.6. The first-order valence-electron chi connectivity index (χ1n) is 14.7. The van der Waals surface area contributed by atoms with Crippen LogP contribution in [0.25, 0.3) is 0 Å². The van der Waals surface area contributed by atoms with Crippen LogP contribution in [0.4, 0.5) is 5.69 Å². The smallest absolute Gasteiger partial charge is 0.264 e. The number of rotatable bonds is 13. The van der Waals surface area contributed by atoms with Crippen LogP contribution in [-0.4, -0.2) is 57.5 Å². The van der Waals surface area contributed by atoms with Gasteiger partial charge in [-0.25, -0.2) is 8.42 Å². The zero-order chi connectivity index (χ0) is 31.0. The Morgan fingerprint density at radius 3 is 2.28 bits per heavy atom. The van der Waals surface area contributed by atoms with Gasteiger partial charge < -0.3 is 19.7 Å². The van der Waals surface area contributed by atoms with E-state index in [1.165, 1.54) is 17.0 Å². The number of hydrogen-bond donors (Lipinski definition) is 1. The standard InChI is InChI=1S/C33H41N3O6S/c1-5-42-29-17-15-28(16-18-29)36(43(39,40)31-19-13-24(2)14-20-31)23-32(37)35(22-26-9-8-12-30(21-26)41-4)25(3)33(38)34-27-10-6-7-11-27/h8-9,12-21,25,27H,5-7,10-11,22-23H2,1-4H3,(H,34,38). The van der Waals surface area contributed by atoms with E-state index in [1.807, 2.05) is 26.0 Å².